The summed E-state index contributed by atoms with van der Waals surface area (Å²) in [6.07, 6.45) is 3.43. The maximum Gasteiger partial charge on any atom is 0.339 e. The Morgan fingerprint density at radius 1 is 1.21 bits per heavy atom. The van der Waals surface area contributed by atoms with Gasteiger partial charge in [-0.1, -0.05) is 30.3 Å². The van der Waals surface area contributed by atoms with Crippen LogP contribution in [-0.4, -0.2) is 17.6 Å². The number of rotatable bonds is 7. The van der Waals surface area contributed by atoms with Gasteiger partial charge >= 0.3 is 5.97 Å². The third-order valence-corrected chi connectivity index (χ3v) is 2.92. The van der Waals surface area contributed by atoms with Gasteiger partial charge < -0.3 is 14.8 Å². The number of nitrogens with one attached hydrogen (secondary N) is 1. The minimum atomic E-state index is -0.949. The molecule has 0 unspecified atom stereocenters. The molecule has 0 fully saturated rings. The molecular formula is C15H17NO3. The predicted octanol–water partition coefficient (Wildman–Crippen LogP) is 2.70. The van der Waals surface area contributed by atoms with E-state index in [1.165, 1.54) is 17.9 Å². The lowest BCUT2D eigenvalue weighted by Gasteiger charge is -2.04. The van der Waals surface area contributed by atoms with Crippen LogP contribution in [0.15, 0.2) is 47.1 Å². The molecule has 0 saturated heterocycles. The molecule has 1 aromatic heterocycles. The first kappa shape index (κ1) is 13.4. The highest BCUT2D eigenvalue weighted by molar-refractivity contribution is 5.88. The molecule has 0 amide bonds. The van der Waals surface area contributed by atoms with Gasteiger partial charge in [-0.3, -0.25) is 0 Å². The van der Waals surface area contributed by atoms with Gasteiger partial charge in [0.25, 0.3) is 0 Å². The average Bonchev–Trinajstić information content (AvgIpc) is 2.88. The van der Waals surface area contributed by atoms with Crippen LogP contribution in [0.25, 0.3) is 0 Å². The minimum Gasteiger partial charge on any atom is -0.478 e. The lowest BCUT2D eigenvalue weighted by atomic mass is 10.1. The molecule has 0 saturated carbocycles. The van der Waals surface area contributed by atoms with Crippen molar-refractivity contribution in [1.82, 2.24) is 5.32 Å². The number of aromatic carboxylic acids is 1. The summed E-state index contributed by atoms with van der Waals surface area (Å²) in [4.78, 5) is 10.9. The molecule has 1 heterocycles. The SMILES string of the molecule is O=C(O)c1ccoc1CNCCCc1ccccc1. The largest absolute Gasteiger partial charge is 0.478 e. The Labute approximate surface area is 112 Å². The van der Waals surface area contributed by atoms with Crippen molar-refractivity contribution >= 4 is 5.97 Å². The van der Waals surface area contributed by atoms with Crippen molar-refractivity contribution in [3.8, 4) is 0 Å². The first-order valence-corrected chi connectivity index (χ1v) is 6.31. The highest BCUT2D eigenvalue weighted by Crippen LogP contribution is 2.10. The topological polar surface area (TPSA) is 62.5 Å². The molecule has 2 aromatic rings. The highest BCUT2D eigenvalue weighted by Gasteiger charge is 2.12. The number of hydrogen-bond donors (Lipinski definition) is 2. The summed E-state index contributed by atoms with van der Waals surface area (Å²) in [5, 5.41) is 12.1. The van der Waals surface area contributed by atoms with Gasteiger partial charge in [-0.15, -0.1) is 0 Å². The maximum atomic E-state index is 10.9. The molecule has 0 spiro atoms. The summed E-state index contributed by atoms with van der Waals surface area (Å²) in [5.41, 5.74) is 1.55. The molecule has 4 nitrogen and oxygen atoms in total. The molecule has 0 atom stereocenters. The van der Waals surface area contributed by atoms with Gasteiger partial charge in [0.1, 0.15) is 11.3 Å². The van der Waals surface area contributed by atoms with Gasteiger partial charge in [-0.25, -0.2) is 4.79 Å². The van der Waals surface area contributed by atoms with E-state index in [0.717, 1.165) is 19.4 Å². The van der Waals surface area contributed by atoms with Crippen LogP contribution in [0.4, 0.5) is 0 Å². The zero-order valence-electron chi connectivity index (χ0n) is 10.6. The molecular weight excluding hydrogens is 242 g/mol. The summed E-state index contributed by atoms with van der Waals surface area (Å²) < 4.78 is 5.15. The number of benzene rings is 1. The fraction of sp³-hybridized carbons (Fsp3) is 0.267. The molecule has 2 N–H and O–H groups in total. The second-order valence-electron chi connectivity index (χ2n) is 4.33. The smallest absolute Gasteiger partial charge is 0.339 e. The Kier molecular flexibility index (Phi) is 4.75. The number of aryl methyl sites for hydroxylation is 1. The van der Waals surface area contributed by atoms with Gasteiger partial charge in [-0.05, 0) is 31.0 Å². The van der Waals surface area contributed by atoms with Gasteiger partial charge in [0.2, 0.25) is 0 Å². The molecule has 2 rings (SSSR count). The van der Waals surface area contributed by atoms with E-state index in [1.807, 2.05) is 18.2 Å². The van der Waals surface area contributed by atoms with Crippen LogP contribution in [0.1, 0.15) is 28.1 Å². The molecule has 0 aliphatic rings. The zero-order valence-corrected chi connectivity index (χ0v) is 10.6. The van der Waals surface area contributed by atoms with Crippen LogP contribution < -0.4 is 5.32 Å². The summed E-state index contributed by atoms with van der Waals surface area (Å²) in [6, 6.07) is 11.8. The average molecular weight is 259 g/mol. The summed E-state index contributed by atoms with van der Waals surface area (Å²) >= 11 is 0. The van der Waals surface area contributed by atoms with Crippen LogP contribution in [0.3, 0.4) is 0 Å². The number of carbonyl (C=O) groups is 1. The van der Waals surface area contributed by atoms with Crippen molar-refractivity contribution in [1.29, 1.82) is 0 Å². The summed E-state index contributed by atoms with van der Waals surface area (Å²) in [7, 11) is 0. The zero-order chi connectivity index (χ0) is 13.5. The maximum absolute atomic E-state index is 10.9. The number of furan rings is 1. The molecule has 0 aliphatic heterocycles. The Morgan fingerprint density at radius 2 is 2.00 bits per heavy atom. The Hall–Kier alpha value is -2.07. The quantitative estimate of drug-likeness (QED) is 0.750. The lowest BCUT2D eigenvalue weighted by Crippen LogP contribution is -2.16. The van der Waals surface area contributed by atoms with E-state index in [2.05, 4.69) is 17.4 Å². The van der Waals surface area contributed by atoms with Crippen LogP contribution in [0.5, 0.6) is 0 Å². The molecule has 19 heavy (non-hydrogen) atoms. The first-order valence-electron chi connectivity index (χ1n) is 6.31. The molecule has 100 valence electrons. The second kappa shape index (κ2) is 6.75. The number of hydrogen-bond acceptors (Lipinski definition) is 3. The predicted molar refractivity (Wildman–Crippen MR) is 72.1 cm³/mol. The molecule has 0 bridgehead atoms. The van der Waals surface area contributed by atoms with Gasteiger partial charge in [-0.2, -0.15) is 0 Å². The van der Waals surface area contributed by atoms with E-state index in [1.54, 1.807) is 0 Å². The van der Waals surface area contributed by atoms with Crippen LogP contribution in [-0.2, 0) is 13.0 Å². The van der Waals surface area contributed by atoms with E-state index in [0.29, 0.717) is 12.3 Å². The third kappa shape index (κ3) is 3.96. The molecule has 1 aromatic carbocycles. The van der Waals surface area contributed by atoms with Crippen molar-refractivity contribution in [2.24, 2.45) is 0 Å². The van der Waals surface area contributed by atoms with Gasteiger partial charge in [0, 0.05) is 0 Å². The first-order chi connectivity index (χ1) is 9.27. The van der Waals surface area contributed by atoms with Crippen LogP contribution >= 0.6 is 0 Å². The number of carboxylic acid groups (broad SMARTS) is 1. The minimum absolute atomic E-state index is 0.232. The van der Waals surface area contributed by atoms with E-state index in [4.69, 9.17) is 9.52 Å². The molecule has 0 radical (unpaired) electrons. The number of carboxylic acids is 1. The Bertz CT molecular complexity index is 519. The van der Waals surface area contributed by atoms with E-state index >= 15 is 0 Å². The van der Waals surface area contributed by atoms with E-state index < -0.39 is 5.97 Å². The lowest BCUT2D eigenvalue weighted by molar-refractivity contribution is 0.0694. The standard InChI is InChI=1S/C15H17NO3/c17-15(18)13-8-10-19-14(13)11-16-9-4-7-12-5-2-1-3-6-12/h1-3,5-6,8,10,16H,4,7,9,11H2,(H,17,18). The Morgan fingerprint density at radius 3 is 2.74 bits per heavy atom. The molecule has 4 heteroatoms. The fourth-order valence-electron chi connectivity index (χ4n) is 1.93. The van der Waals surface area contributed by atoms with Gasteiger partial charge in [0.15, 0.2) is 0 Å². The van der Waals surface area contributed by atoms with Crippen LogP contribution in [0, 0.1) is 0 Å². The van der Waals surface area contributed by atoms with Crippen molar-refractivity contribution < 1.29 is 14.3 Å². The van der Waals surface area contributed by atoms with Crippen LogP contribution in [0.2, 0.25) is 0 Å². The third-order valence-electron chi connectivity index (χ3n) is 2.92. The van der Waals surface area contributed by atoms with Crippen molar-refractivity contribution in [2.45, 2.75) is 19.4 Å². The van der Waals surface area contributed by atoms with Gasteiger partial charge in [0.05, 0.1) is 12.8 Å². The van der Waals surface area contributed by atoms with Crippen molar-refractivity contribution in [2.75, 3.05) is 6.54 Å². The summed E-state index contributed by atoms with van der Waals surface area (Å²) in [6.45, 7) is 1.28. The normalized spacial score (nSPS) is 10.5. The fourth-order valence-corrected chi connectivity index (χ4v) is 1.93. The summed E-state index contributed by atoms with van der Waals surface area (Å²) in [5.74, 6) is -0.470. The van der Waals surface area contributed by atoms with E-state index in [-0.39, 0.29) is 5.56 Å². The highest BCUT2D eigenvalue weighted by atomic mass is 16.4. The second-order valence-corrected chi connectivity index (χ2v) is 4.33. The monoisotopic (exact) mass is 259 g/mol. The van der Waals surface area contributed by atoms with Crippen molar-refractivity contribution in [3.05, 3.63) is 59.5 Å². The Balaban J connectivity index is 1.70. The van der Waals surface area contributed by atoms with Crippen molar-refractivity contribution in [3.63, 3.8) is 0 Å². The van der Waals surface area contributed by atoms with E-state index in [9.17, 15) is 4.79 Å². The molecule has 0 aliphatic carbocycles.